The van der Waals surface area contributed by atoms with Gasteiger partial charge in [-0.2, -0.15) is 26.7 Å². The second-order valence-corrected chi connectivity index (χ2v) is 5.60. The maximum atomic E-state index is 5.91. The molecule has 0 aromatic carbocycles. The lowest BCUT2D eigenvalue weighted by molar-refractivity contribution is 0.291. The van der Waals surface area contributed by atoms with E-state index in [0.29, 0.717) is 24.6 Å². The molecule has 0 bridgehead atoms. The standard InChI is InChI=1S/C12H21ClN4OS/c1-5-7-18-12-15-10(13)14-11(16-12)17(3)9(2)6-8-19-4/h9H,5-8H2,1-4H3. The molecule has 0 amide bonds. The van der Waals surface area contributed by atoms with Crippen molar-refractivity contribution in [2.24, 2.45) is 0 Å². The molecule has 0 aliphatic heterocycles. The fourth-order valence-electron chi connectivity index (χ4n) is 1.42. The van der Waals surface area contributed by atoms with E-state index >= 15 is 0 Å². The van der Waals surface area contributed by atoms with Crippen molar-refractivity contribution >= 4 is 29.3 Å². The second-order valence-electron chi connectivity index (χ2n) is 4.28. The molecular weight excluding hydrogens is 284 g/mol. The normalized spacial score (nSPS) is 12.3. The number of hydrogen-bond acceptors (Lipinski definition) is 6. The Labute approximate surface area is 124 Å². The molecule has 1 unspecified atom stereocenters. The number of aromatic nitrogens is 3. The van der Waals surface area contributed by atoms with E-state index in [-0.39, 0.29) is 5.28 Å². The number of hydrogen-bond donors (Lipinski definition) is 0. The van der Waals surface area contributed by atoms with E-state index in [9.17, 15) is 0 Å². The van der Waals surface area contributed by atoms with Crippen molar-refractivity contribution in [3.63, 3.8) is 0 Å². The highest BCUT2D eigenvalue weighted by Gasteiger charge is 2.15. The second kappa shape index (κ2) is 8.43. The van der Waals surface area contributed by atoms with Crippen LogP contribution >= 0.6 is 23.4 Å². The third kappa shape index (κ3) is 5.40. The minimum absolute atomic E-state index is 0.167. The van der Waals surface area contributed by atoms with Crippen LogP contribution in [-0.2, 0) is 0 Å². The first kappa shape index (κ1) is 16.3. The summed E-state index contributed by atoms with van der Waals surface area (Å²) in [5.74, 6) is 1.66. The maximum Gasteiger partial charge on any atom is 0.322 e. The van der Waals surface area contributed by atoms with Gasteiger partial charge in [0.25, 0.3) is 0 Å². The van der Waals surface area contributed by atoms with Gasteiger partial charge in [-0.3, -0.25) is 0 Å². The lowest BCUT2D eigenvalue weighted by Gasteiger charge is -2.24. The van der Waals surface area contributed by atoms with Gasteiger partial charge in [0.15, 0.2) is 0 Å². The summed E-state index contributed by atoms with van der Waals surface area (Å²) in [5.41, 5.74) is 0. The SMILES string of the molecule is CCCOc1nc(Cl)nc(N(C)C(C)CCSC)n1. The predicted octanol–water partition coefficient (Wildman–Crippen LogP) is 2.89. The number of nitrogens with zero attached hydrogens (tertiary/aromatic N) is 4. The van der Waals surface area contributed by atoms with Crippen molar-refractivity contribution in [2.75, 3.05) is 30.6 Å². The van der Waals surface area contributed by atoms with Crippen molar-refractivity contribution < 1.29 is 4.74 Å². The van der Waals surface area contributed by atoms with Crippen LogP contribution in [0.25, 0.3) is 0 Å². The Morgan fingerprint density at radius 3 is 2.74 bits per heavy atom. The van der Waals surface area contributed by atoms with Gasteiger partial charge in [0.2, 0.25) is 11.2 Å². The average molecular weight is 305 g/mol. The van der Waals surface area contributed by atoms with Gasteiger partial charge < -0.3 is 9.64 Å². The third-order valence-corrected chi connectivity index (χ3v) is 3.54. The van der Waals surface area contributed by atoms with Gasteiger partial charge in [-0.25, -0.2) is 0 Å². The Hall–Kier alpha value is -0.750. The van der Waals surface area contributed by atoms with Gasteiger partial charge >= 0.3 is 6.01 Å². The van der Waals surface area contributed by atoms with Crippen molar-refractivity contribution in [1.82, 2.24) is 15.0 Å². The smallest absolute Gasteiger partial charge is 0.322 e. The molecule has 5 nitrogen and oxygen atoms in total. The van der Waals surface area contributed by atoms with Crippen LogP contribution < -0.4 is 9.64 Å². The van der Waals surface area contributed by atoms with Crippen LogP contribution in [-0.4, -0.2) is 46.7 Å². The van der Waals surface area contributed by atoms with Crippen LogP contribution in [0.4, 0.5) is 5.95 Å². The summed E-state index contributed by atoms with van der Waals surface area (Å²) >= 11 is 7.74. The molecule has 0 aliphatic rings. The van der Waals surface area contributed by atoms with Crippen LogP contribution in [0, 0.1) is 0 Å². The Bertz CT molecular complexity index is 394. The first-order valence-electron chi connectivity index (χ1n) is 6.34. The molecule has 0 N–H and O–H groups in total. The number of ether oxygens (including phenoxy) is 1. The molecule has 0 saturated heterocycles. The molecule has 0 aliphatic carbocycles. The molecular formula is C12H21ClN4OS. The molecule has 1 atom stereocenters. The maximum absolute atomic E-state index is 5.91. The molecule has 1 aromatic heterocycles. The van der Waals surface area contributed by atoms with Gasteiger partial charge in [0, 0.05) is 13.1 Å². The van der Waals surface area contributed by atoms with E-state index in [1.807, 2.05) is 30.6 Å². The molecule has 0 radical (unpaired) electrons. The number of thioether (sulfide) groups is 1. The predicted molar refractivity (Wildman–Crippen MR) is 81.5 cm³/mol. The van der Waals surface area contributed by atoms with E-state index in [4.69, 9.17) is 16.3 Å². The summed E-state index contributed by atoms with van der Waals surface area (Å²) in [6, 6.07) is 0.630. The first-order valence-corrected chi connectivity index (χ1v) is 8.11. The number of halogens is 1. The van der Waals surface area contributed by atoms with Crippen LogP contribution in [0.3, 0.4) is 0 Å². The van der Waals surface area contributed by atoms with Crippen LogP contribution in [0.15, 0.2) is 0 Å². The minimum atomic E-state index is 0.167. The molecule has 1 rings (SSSR count). The Morgan fingerprint density at radius 2 is 2.11 bits per heavy atom. The van der Waals surface area contributed by atoms with Crippen LogP contribution in [0.2, 0.25) is 5.28 Å². The molecule has 0 fully saturated rings. The highest BCUT2D eigenvalue weighted by Crippen LogP contribution is 2.17. The topological polar surface area (TPSA) is 51.1 Å². The fourth-order valence-corrected chi connectivity index (χ4v) is 2.14. The fraction of sp³-hybridized carbons (Fsp3) is 0.750. The van der Waals surface area contributed by atoms with E-state index < -0.39 is 0 Å². The monoisotopic (exact) mass is 304 g/mol. The van der Waals surface area contributed by atoms with Crippen LogP contribution in [0.1, 0.15) is 26.7 Å². The molecule has 0 saturated carbocycles. The van der Waals surface area contributed by atoms with Gasteiger partial charge in [-0.1, -0.05) is 6.92 Å². The largest absolute Gasteiger partial charge is 0.463 e. The van der Waals surface area contributed by atoms with Gasteiger partial charge in [-0.05, 0) is 43.4 Å². The minimum Gasteiger partial charge on any atom is -0.463 e. The van der Waals surface area contributed by atoms with Gasteiger partial charge in [-0.15, -0.1) is 0 Å². The van der Waals surface area contributed by atoms with E-state index in [1.165, 1.54) is 0 Å². The highest BCUT2D eigenvalue weighted by atomic mass is 35.5. The molecule has 1 heterocycles. The quantitative estimate of drug-likeness (QED) is 0.736. The Morgan fingerprint density at radius 1 is 1.37 bits per heavy atom. The summed E-state index contributed by atoms with van der Waals surface area (Å²) in [4.78, 5) is 14.4. The van der Waals surface area contributed by atoms with Crippen molar-refractivity contribution in [1.29, 1.82) is 0 Å². The summed E-state index contributed by atoms with van der Waals surface area (Å²) in [5, 5.41) is 0.167. The van der Waals surface area contributed by atoms with E-state index in [1.54, 1.807) is 0 Å². The zero-order valence-electron chi connectivity index (χ0n) is 11.9. The zero-order valence-corrected chi connectivity index (χ0v) is 13.5. The van der Waals surface area contributed by atoms with E-state index in [2.05, 4.69) is 28.1 Å². The van der Waals surface area contributed by atoms with Crippen molar-refractivity contribution in [2.45, 2.75) is 32.7 Å². The van der Waals surface area contributed by atoms with Gasteiger partial charge in [0.1, 0.15) is 0 Å². The zero-order chi connectivity index (χ0) is 14.3. The lowest BCUT2D eigenvalue weighted by atomic mass is 10.2. The molecule has 1 aromatic rings. The first-order chi connectivity index (χ1) is 9.08. The Kier molecular flexibility index (Phi) is 7.23. The highest BCUT2D eigenvalue weighted by molar-refractivity contribution is 7.98. The summed E-state index contributed by atoms with van der Waals surface area (Å²) in [6.45, 7) is 4.74. The average Bonchev–Trinajstić information content (AvgIpc) is 2.41. The molecule has 7 heteroatoms. The van der Waals surface area contributed by atoms with Crippen LogP contribution in [0.5, 0.6) is 6.01 Å². The van der Waals surface area contributed by atoms with Crippen molar-refractivity contribution in [3.05, 3.63) is 5.28 Å². The summed E-state index contributed by atoms with van der Waals surface area (Å²) in [7, 11) is 1.96. The number of anilines is 1. The molecule has 0 spiro atoms. The van der Waals surface area contributed by atoms with E-state index in [0.717, 1.165) is 18.6 Å². The van der Waals surface area contributed by atoms with Gasteiger partial charge in [0.05, 0.1) is 6.61 Å². The Balaban J connectivity index is 2.77. The summed E-state index contributed by atoms with van der Waals surface area (Å²) < 4.78 is 5.41. The lowest BCUT2D eigenvalue weighted by Crippen LogP contribution is -2.31. The van der Waals surface area contributed by atoms with Crippen molar-refractivity contribution in [3.8, 4) is 6.01 Å². The number of rotatable bonds is 8. The third-order valence-electron chi connectivity index (χ3n) is 2.73. The summed E-state index contributed by atoms with van der Waals surface area (Å²) in [6.07, 6.45) is 4.06. The molecule has 19 heavy (non-hydrogen) atoms. The molecule has 108 valence electrons.